The van der Waals surface area contributed by atoms with Crippen LogP contribution in [-0.2, 0) is 23.2 Å². The highest BCUT2D eigenvalue weighted by Crippen LogP contribution is 2.29. The molecule has 0 saturated carbocycles. The Hall–Kier alpha value is -3.21. The van der Waals surface area contributed by atoms with Crippen LogP contribution in [0.25, 0.3) is 0 Å². The lowest BCUT2D eigenvalue weighted by atomic mass is 10.2. The lowest BCUT2D eigenvalue weighted by Gasteiger charge is -2.22. The quantitative estimate of drug-likeness (QED) is 0.259. The third-order valence-electron chi connectivity index (χ3n) is 5.27. The number of ether oxygens (including phenoxy) is 1. The monoisotopic (exact) mass is 585 g/mol. The molecule has 0 bridgehead atoms. The van der Waals surface area contributed by atoms with Gasteiger partial charge in [0, 0.05) is 23.1 Å². The molecule has 4 rings (SSSR count). The van der Waals surface area contributed by atoms with E-state index >= 15 is 0 Å². The first-order valence-electron chi connectivity index (χ1n) is 11.1. The van der Waals surface area contributed by atoms with Crippen LogP contribution in [0.4, 0.5) is 5.13 Å². The second-order valence-corrected chi connectivity index (χ2v) is 11.4. The molecule has 0 unspecified atom stereocenters. The van der Waals surface area contributed by atoms with E-state index in [1.807, 2.05) is 60.4 Å². The molecular formula is C26H24BrN3O4S2. The molecule has 10 heteroatoms. The predicted molar refractivity (Wildman–Crippen MR) is 145 cm³/mol. The molecule has 36 heavy (non-hydrogen) atoms. The van der Waals surface area contributed by atoms with E-state index in [1.54, 1.807) is 18.2 Å². The fourth-order valence-corrected chi connectivity index (χ4v) is 5.75. The van der Waals surface area contributed by atoms with Crippen molar-refractivity contribution in [1.82, 2.24) is 9.71 Å². The summed E-state index contributed by atoms with van der Waals surface area (Å²) in [5.41, 5.74) is 2.02. The number of amides is 1. The number of hydrogen-bond acceptors (Lipinski definition) is 7. The van der Waals surface area contributed by atoms with Crippen molar-refractivity contribution < 1.29 is 17.9 Å². The first-order chi connectivity index (χ1) is 17.4. The second-order valence-electron chi connectivity index (χ2n) is 7.80. The highest BCUT2D eigenvalue weighted by Gasteiger charge is 2.22. The van der Waals surface area contributed by atoms with Crippen molar-refractivity contribution in [3.05, 3.63) is 106 Å². The molecule has 0 aliphatic heterocycles. The number of sulfonamides is 1. The topological polar surface area (TPSA) is 88.6 Å². The average molecular weight is 587 g/mol. The number of rotatable bonds is 10. The van der Waals surface area contributed by atoms with Gasteiger partial charge in [0.05, 0.1) is 11.1 Å². The van der Waals surface area contributed by atoms with Gasteiger partial charge in [0.1, 0.15) is 17.2 Å². The molecule has 4 aromatic rings. The van der Waals surface area contributed by atoms with E-state index in [4.69, 9.17) is 4.74 Å². The van der Waals surface area contributed by atoms with E-state index < -0.39 is 15.9 Å². The Kier molecular flexibility index (Phi) is 8.40. The van der Waals surface area contributed by atoms with E-state index in [-0.39, 0.29) is 9.77 Å². The number of halogens is 1. The fourth-order valence-electron chi connectivity index (χ4n) is 3.42. The maximum Gasteiger partial charge on any atom is 0.276 e. The maximum absolute atomic E-state index is 12.7. The highest BCUT2D eigenvalue weighted by atomic mass is 79.9. The van der Waals surface area contributed by atoms with Crippen LogP contribution >= 0.6 is 27.3 Å². The van der Waals surface area contributed by atoms with E-state index in [0.29, 0.717) is 24.8 Å². The second kappa shape index (κ2) is 11.7. The molecular weight excluding hydrogens is 562 g/mol. The normalized spacial score (nSPS) is 11.2. The smallest absolute Gasteiger partial charge is 0.276 e. The molecule has 0 aliphatic rings. The Morgan fingerprint density at radius 3 is 2.44 bits per heavy atom. The molecule has 3 aromatic carbocycles. The van der Waals surface area contributed by atoms with Gasteiger partial charge in [0.25, 0.3) is 15.9 Å². The summed E-state index contributed by atoms with van der Waals surface area (Å²) >= 11 is 4.67. The number of nitrogens with one attached hydrogen (secondary N) is 1. The molecule has 1 N–H and O–H groups in total. The van der Waals surface area contributed by atoms with Gasteiger partial charge in [-0.2, -0.15) is 0 Å². The maximum atomic E-state index is 12.7. The van der Waals surface area contributed by atoms with Crippen molar-refractivity contribution in [2.45, 2.75) is 25.0 Å². The van der Waals surface area contributed by atoms with E-state index in [1.165, 1.54) is 18.3 Å². The first-order valence-corrected chi connectivity index (χ1v) is 14.2. The Labute approximate surface area is 223 Å². The summed E-state index contributed by atoms with van der Waals surface area (Å²) in [7, 11) is -3.97. The van der Waals surface area contributed by atoms with E-state index in [2.05, 4.69) is 25.6 Å². The van der Waals surface area contributed by atoms with Crippen LogP contribution in [0, 0.1) is 0 Å². The molecule has 0 fully saturated rings. The van der Waals surface area contributed by atoms with Gasteiger partial charge in [-0.3, -0.25) is 4.79 Å². The average Bonchev–Trinajstić information content (AvgIpc) is 3.38. The molecule has 7 nitrogen and oxygen atoms in total. The van der Waals surface area contributed by atoms with Gasteiger partial charge in [-0.05, 0) is 42.8 Å². The molecule has 0 aliphatic carbocycles. The van der Waals surface area contributed by atoms with Crippen LogP contribution in [0.3, 0.4) is 0 Å². The molecule has 1 amide bonds. The van der Waals surface area contributed by atoms with Crippen LogP contribution in [0.1, 0.15) is 27.7 Å². The lowest BCUT2D eigenvalue weighted by molar-refractivity contribution is 0.0985. The van der Waals surface area contributed by atoms with Crippen LogP contribution < -0.4 is 14.4 Å². The predicted octanol–water partition coefficient (Wildman–Crippen LogP) is 5.63. The summed E-state index contributed by atoms with van der Waals surface area (Å²) in [5.74, 6) is 0.0389. The largest absolute Gasteiger partial charge is 0.489 e. The summed E-state index contributed by atoms with van der Waals surface area (Å²) < 4.78 is 34.2. The number of nitrogens with zero attached hydrogens (tertiary/aromatic N) is 2. The zero-order valence-corrected chi connectivity index (χ0v) is 22.6. The van der Waals surface area contributed by atoms with Crippen LogP contribution in [0.2, 0.25) is 0 Å². The van der Waals surface area contributed by atoms with Crippen LogP contribution in [0.15, 0.2) is 94.4 Å². The summed E-state index contributed by atoms with van der Waals surface area (Å²) in [5, 5.41) is 0.605. The Morgan fingerprint density at radius 1 is 1.06 bits per heavy atom. The van der Waals surface area contributed by atoms with E-state index in [0.717, 1.165) is 32.7 Å². The number of anilines is 1. The van der Waals surface area contributed by atoms with Crippen molar-refractivity contribution in [3.63, 3.8) is 0 Å². The molecule has 1 heterocycles. The molecule has 1 aromatic heterocycles. The van der Waals surface area contributed by atoms with Gasteiger partial charge < -0.3 is 9.64 Å². The lowest BCUT2D eigenvalue weighted by Crippen LogP contribution is -2.30. The molecule has 0 radical (unpaired) electrons. The molecule has 0 saturated heterocycles. The number of carbonyl (C=O) groups excluding carboxylic acids is 1. The van der Waals surface area contributed by atoms with Gasteiger partial charge >= 0.3 is 0 Å². The summed E-state index contributed by atoms with van der Waals surface area (Å²) in [6, 6.07) is 23.6. The van der Waals surface area contributed by atoms with Gasteiger partial charge in [-0.25, -0.2) is 18.1 Å². The van der Waals surface area contributed by atoms with Crippen molar-refractivity contribution in [2.75, 3.05) is 11.4 Å². The minimum absolute atomic E-state index is 0.0240. The standard InChI is InChI=1S/C26H24BrN3O4S2/c1-2-30(17-20-15-21(27)13-14-23(20)34-18-19-9-5-3-6-10-19)26-28-16-24(35-26)25(31)29-36(32,33)22-11-7-4-8-12-22/h3-16H,2,17-18H2,1H3,(H,29,31). The van der Waals surface area contributed by atoms with Crippen molar-refractivity contribution >= 4 is 48.3 Å². The van der Waals surface area contributed by atoms with Crippen molar-refractivity contribution in [3.8, 4) is 5.75 Å². The zero-order valence-electron chi connectivity index (χ0n) is 19.4. The van der Waals surface area contributed by atoms with Gasteiger partial charge in [0.2, 0.25) is 0 Å². The summed E-state index contributed by atoms with van der Waals surface area (Å²) in [6.45, 7) is 3.56. The third kappa shape index (κ3) is 6.51. The number of carbonyl (C=O) groups is 1. The zero-order chi connectivity index (χ0) is 25.5. The summed E-state index contributed by atoms with van der Waals surface area (Å²) in [4.78, 5) is 19.3. The molecule has 0 spiro atoms. The van der Waals surface area contributed by atoms with Crippen molar-refractivity contribution in [2.24, 2.45) is 0 Å². The Balaban J connectivity index is 1.48. The van der Waals surface area contributed by atoms with Crippen LogP contribution in [-0.4, -0.2) is 25.9 Å². The number of hydrogen-bond donors (Lipinski definition) is 1. The Morgan fingerprint density at radius 2 is 1.75 bits per heavy atom. The number of thiazole rings is 1. The van der Waals surface area contributed by atoms with Gasteiger partial charge in [0.15, 0.2) is 5.13 Å². The van der Waals surface area contributed by atoms with Crippen molar-refractivity contribution in [1.29, 1.82) is 0 Å². The van der Waals surface area contributed by atoms with Gasteiger partial charge in [-0.1, -0.05) is 75.8 Å². The van der Waals surface area contributed by atoms with Crippen LogP contribution in [0.5, 0.6) is 5.75 Å². The minimum atomic E-state index is -3.97. The minimum Gasteiger partial charge on any atom is -0.489 e. The van der Waals surface area contributed by atoms with E-state index in [9.17, 15) is 13.2 Å². The fraction of sp³-hybridized carbons (Fsp3) is 0.154. The third-order valence-corrected chi connectivity index (χ3v) is 8.17. The SMILES string of the molecule is CCN(Cc1cc(Br)ccc1OCc1ccccc1)c1ncc(C(=O)NS(=O)(=O)c2ccccc2)s1. The molecule has 186 valence electrons. The number of benzene rings is 3. The Bertz CT molecular complexity index is 1430. The first kappa shape index (κ1) is 25.9. The molecule has 0 atom stereocenters. The summed E-state index contributed by atoms with van der Waals surface area (Å²) in [6.07, 6.45) is 1.40. The highest BCUT2D eigenvalue weighted by molar-refractivity contribution is 9.10. The van der Waals surface area contributed by atoms with Gasteiger partial charge in [-0.15, -0.1) is 0 Å². The number of aromatic nitrogens is 1.